The minimum Gasteiger partial charge on any atom is -0.206 e. The summed E-state index contributed by atoms with van der Waals surface area (Å²) in [5.74, 6) is -3.25. The van der Waals surface area contributed by atoms with Crippen LogP contribution >= 0.6 is 0 Å². The largest absolute Gasteiger partial charge is 0.206 e. The van der Waals surface area contributed by atoms with E-state index in [9.17, 15) is 13.2 Å². The Bertz CT molecular complexity index is 436. The molecule has 0 radical (unpaired) electrons. The van der Waals surface area contributed by atoms with Gasteiger partial charge < -0.3 is 0 Å². The van der Waals surface area contributed by atoms with Crippen LogP contribution in [0.5, 0.6) is 0 Å². The van der Waals surface area contributed by atoms with E-state index in [4.69, 9.17) is 5.53 Å². The zero-order valence-electron chi connectivity index (χ0n) is 7.49. The Morgan fingerprint density at radius 1 is 1.27 bits per heavy atom. The topological polar surface area (TPSA) is 48.8 Å². The first-order valence-corrected chi connectivity index (χ1v) is 3.97. The Kier molecular flexibility index (Phi) is 3.76. The Morgan fingerprint density at radius 3 is 2.60 bits per heavy atom. The molecule has 0 aliphatic rings. The number of rotatable bonds is 3. The van der Waals surface area contributed by atoms with E-state index in [-0.39, 0.29) is 6.54 Å². The molecule has 0 N–H and O–H groups in total. The zero-order valence-corrected chi connectivity index (χ0v) is 7.49. The first kappa shape index (κ1) is 11.1. The maximum absolute atomic E-state index is 13.0. The molecule has 0 bridgehead atoms. The molecule has 0 aromatic heterocycles. The van der Waals surface area contributed by atoms with Gasteiger partial charge in [-0.1, -0.05) is 17.3 Å². The molecule has 0 saturated carbocycles. The van der Waals surface area contributed by atoms with Gasteiger partial charge in [0.15, 0.2) is 11.6 Å². The lowest BCUT2D eigenvalue weighted by Gasteiger charge is -1.99. The van der Waals surface area contributed by atoms with Crippen molar-refractivity contribution in [1.29, 1.82) is 0 Å². The fourth-order valence-corrected chi connectivity index (χ4v) is 0.950. The van der Waals surface area contributed by atoms with Crippen LogP contribution in [0.15, 0.2) is 23.3 Å². The lowest BCUT2D eigenvalue weighted by Crippen LogP contribution is -1.92. The van der Waals surface area contributed by atoms with E-state index in [1.54, 1.807) is 0 Å². The van der Waals surface area contributed by atoms with Crippen LogP contribution in [0.3, 0.4) is 0 Å². The quantitative estimate of drug-likeness (QED) is 0.319. The molecule has 0 heterocycles. The predicted octanol–water partition coefficient (Wildman–Crippen LogP) is 3.43. The SMILES string of the molecule is [N-]=[N+]=NCC=Cc1c(F)ccc(F)c1F. The third-order valence-electron chi connectivity index (χ3n) is 1.61. The van der Waals surface area contributed by atoms with Gasteiger partial charge in [-0.3, -0.25) is 0 Å². The zero-order chi connectivity index (χ0) is 11.3. The van der Waals surface area contributed by atoms with Crippen molar-refractivity contribution in [2.24, 2.45) is 5.11 Å². The lowest BCUT2D eigenvalue weighted by molar-refractivity contribution is 0.492. The number of nitrogens with zero attached hydrogens (tertiary/aromatic N) is 3. The molecule has 1 rings (SSSR count). The highest BCUT2D eigenvalue weighted by Crippen LogP contribution is 2.16. The van der Waals surface area contributed by atoms with Crippen molar-refractivity contribution in [2.75, 3.05) is 6.54 Å². The van der Waals surface area contributed by atoms with E-state index in [0.717, 1.165) is 12.1 Å². The standard InChI is InChI=1S/C9H6F3N3/c10-7-3-4-8(11)9(12)6(7)2-1-5-14-15-13/h1-4H,5H2. The fraction of sp³-hybridized carbons (Fsp3) is 0.111. The summed E-state index contributed by atoms with van der Waals surface area (Å²) in [6.45, 7) is -0.0497. The molecule has 0 unspecified atom stereocenters. The highest BCUT2D eigenvalue weighted by molar-refractivity contribution is 5.51. The van der Waals surface area contributed by atoms with Gasteiger partial charge in [-0.05, 0) is 17.7 Å². The summed E-state index contributed by atoms with van der Waals surface area (Å²) < 4.78 is 38.7. The van der Waals surface area contributed by atoms with E-state index in [0.29, 0.717) is 6.07 Å². The lowest BCUT2D eigenvalue weighted by atomic mass is 10.2. The van der Waals surface area contributed by atoms with Crippen molar-refractivity contribution in [2.45, 2.75) is 0 Å². The molecule has 0 spiro atoms. The molecule has 0 fully saturated rings. The van der Waals surface area contributed by atoms with Gasteiger partial charge in [0.25, 0.3) is 0 Å². The summed E-state index contributed by atoms with van der Waals surface area (Å²) in [5.41, 5.74) is 7.45. The van der Waals surface area contributed by atoms with Crippen molar-refractivity contribution in [3.8, 4) is 0 Å². The third kappa shape index (κ3) is 2.75. The van der Waals surface area contributed by atoms with Gasteiger partial charge in [-0.2, -0.15) is 0 Å². The van der Waals surface area contributed by atoms with Crippen LogP contribution in [-0.4, -0.2) is 6.54 Å². The van der Waals surface area contributed by atoms with Crippen molar-refractivity contribution in [3.63, 3.8) is 0 Å². The number of azide groups is 1. The number of hydrogen-bond donors (Lipinski definition) is 0. The molecular weight excluding hydrogens is 207 g/mol. The van der Waals surface area contributed by atoms with E-state index in [1.807, 2.05) is 0 Å². The molecule has 15 heavy (non-hydrogen) atoms. The third-order valence-corrected chi connectivity index (χ3v) is 1.61. The monoisotopic (exact) mass is 213 g/mol. The molecule has 0 aliphatic carbocycles. The van der Waals surface area contributed by atoms with Crippen LogP contribution in [0.25, 0.3) is 16.5 Å². The predicted molar refractivity (Wildman–Crippen MR) is 49.4 cm³/mol. The van der Waals surface area contributed by atoms with Crippen molar-refractivity contribution < 1.29 is 13.2 Å². The minimum absolute atomic E-state index is 0.0497. The van der Waals surface area contributed by atoms with E-state index >= 15 is 0 Å². The molecule has 0 aliphatic heterocycles. The Hall–Kier alpha value is -1.94. The molecule has 6 heteroatoms. The Balaban J connectivity index is 2.98. The normalized spacial score (nSPS) is 10.3. The average Bonchev–Trinajstić information content (AvgIpc) is 2.23. The van der Waals surface area contributed by atoms with E-state index < -0.39 is 23.0 Å². The van der Waals surface area contributed by atoms with Gasteiger partial charge in [-0.15, -0.1) is 0 Å². The van der Waals surface area contributed by atoms with Gasteiger partial charge in [0.05, 0.1) is 0 Å². The van der Waals surface area contributed by atoms with Crippen LogP contribution in [0, 0.1) is 17.5 Å². The van der Waals surface area contributed by atoms with Gasteiger partial charge in [-0.25, -0.2) is 13.2 Å². The minimum atomic E-state index is -1.26. The van der Waals surface area contributed by atoms with Crippen molar-refractivity contribution in [3.05, 3.63) is 51.7 Å². The van der Waals surface area contributed by atoms with Gasteiger partial charge in [0.2, 0.25) is 0 Å². The van der Waals surface area contributed by atoms with E-state index in [2.05, 4.69) is 10.0 Å². The summed E-state index contributed by atoms with van der Waals surface area (Å²) in [6.07, 6.45) is 2.27. The fourth-order valence-electron chi connectivity index (χ4n) is 0.950. The first-order valence-electron chi connectivity index (χ1n) is 3.97. The second-order valence-electron chi connectivity index (χ2n) is 2.57. The average molecular weight is 213 g/mol. The van der Waals surface area contributed by atoms with Gasteiger partial charge in [0, 0.05) is 17.0 Å². The van der Waals surface area contributed by atoms with Crippen molar-refractivity contribution >= 4 is 6.08 Å². The Labute approximate surface area is 83.5 Å². The highest BCUT2D eigenvalue weighted by atomic mass is 19.2. The highest BCUT2D eigenvalue weighted by Gasteiger charge is 2.10. The maximum atomic E-state index is 13.0. The van der Waals surface area contributed by atoms with Gasteiger partial charge >= 0.3 is 0 Å². The second kappa shape index (κ2) is 5.07. The molecule has 1 aromatic rings. The maximum Gasteiger partial charge on any atom is 0.168 e. The summed E-state index contributed by atoms with van der Waals surface area (Å²) in [4.78, 5) is 2.44. The molecule has 0 saturated heterocycles. The molecule has 78 valence electrons. The molecular formula is C9H6F3N3. The first-order chi connectivity index (χ1) is 7.16. The molecule has 0 amide bonds. The second-order valence-corrected chi connectivity index (χ2v) is 2.57. The number of halogens is 3. The van der Waals surface area contributed by atoms with Crippen LogP contribution in [0.1, 0.15) is 5.56 Å². The summed E-state index contributed by atoms with van der Waals surface area (Å²) in [5, 5.41) is 3.12. The number of hydrogen-bond acceptors (Lipinski definition) is 1. The molecule has 3 nitrogen and oxygen atoms in total. The van der Waals surface area contributed by atoms with Crippen LogP contribution < -0.4 is 0 Å². The summed E-state index contributed by atoms with van der Waals surface area (Å²) in [6, 6.07) is 1.53. The molecule has 1 aromatic carbocycles. The van der Waals surface area contributed by atoms with Crippen molar-refractivity contribution in [1.82, 2.24) is 0 Å². The summed E-state index contributed by atoms with van der Waals surface area (Å²) in [7, 11) is 0. The van der Waals surface area contributed by atoms with Crippen LogP contribution in [-0.2, 0) is 0 Å². The van der Waals surface area contributed by atoms with Crippen LogP contribution in [0.4, 0.5) is 13.2 Å². The Morgan fingerprint density at radius 2 is 1.93 bits per heavy atom. The smallest absolute Gasteiger partial charge is 0.168 e. The van der Waals surface area contributed by atoms with E-state index in [1.165, 1.54) is 6.08 Å². The van der Waals surface area contributed by atoms with Gasteiger partial charge in [0.1, 0.15) is 5.82 Å². The molecule has 0 atom stereocenters. The number of benzene rings is 1. The van der Waals surface area contributed by atoms with Crippen LogP contribution in [0.2, 0.25) is 0 Å². The summed E-state index contributed by atoms with van der Waals surface area (Å²) >= 11 is 0.